The van der Waals surface area contributed by atoms with Crippen LogP contribution in [-0.2, 0) is 13.1 Å². The van der Waals surface area contributed by atoms with Gasteiger partial charge in [0.1, 0.15) is 17.2 Å². The molecule has 0 bridgehead atoms. The smallest absolute Gasteiger partial charge is 0.387 e. The van der Waals surface area contributed by atoms with Crippen molar-refractivity contribution in [3.63, 3.8) is 0 Å². The molecule has 0 atom stereocenters. The number of para-hydroxylation sites is 1. The second kappa shape index (κ2) is 9.20. The van der Waals surface area contributed by atoms with Gasteiger partial charge in [-0.2, -0.15) is 8.78 Å². The summed E-state index contributed by atoms with van der Waals surface area (Å²) >= 11 is 0. The highest BCUT2D eigenvalue weighted by molar-refractivity contribution is 6.15. The maximum atomic E-state index is 12.9. The number of nitrogens with zero attached hydrogens (tertiary/aromatic N) is 1. The molecule has 3 aromatic carbocycles. The van der Waals surface area contributed by atoms with Crippen molar-refractivity contribution in [3.8, 4) is 17.2 Å². The van der Waals surface area contributed by atoms with E-state index in [2.05, 4.69) is 4.74 Å². The third-order valence-corrected chi connectivity index (χ3v) is 5.06. The quantitative estimate of drug-likeness (QED) is 0.512. The molecule has 0 unspecified atom stereocenters. The van der Waals surface area contributed by atoms with Gasteiger partial charge < -0.3 is 14.6 Å². The number of halogens is 2. The van der Waals surface area contributed by atoms with Crippen molar-refractivity contribution in [2.24, 2.45) is 0 Å². The number of phenolic OH excluding ortho intramolecular Hbond substituents is 1. The molecule has 0 radical (unpaired) electrons. The van der Waals surface area contributed by atoms with Crippen LogP contribution in [0.25, 0.3) is 6.08 Å². The third-order valence-electron chi connectivity index (χ3n) is 5.06. The first-order chi connectivity index (χ1) is 15.4. The summed E-state index contributed by atoms with van der Waals surface area (Å²) in [5.41, 5.74) is 2.19. The van der Waals surface area contributed by atoms with Gasteiger partial charge in [-0.15, -0.1) is 0 Å². The number of ketones is 1. The zero-order chi connectivity index (χ0) is 22.7. The lowest BCUT2D eigenvalue weighted by Gasteiger charge is -2.19. The Morgan fingerprint density at radius 3 is 2.50 bits per heavy atom. The SMILES string of the molecule is CN(Cc1ccccc1)Cc1c(O)ccc2c1O/C(=C\c1ccccc1OC(F)F)C2=O. The van der Waals surface area contributed by atoms with Gasteiger partial charge in [0.25, 0.3) is 0 Å². The molecule has 4 rings (SSSR count). The summed E-state index contributed by atoms with van der Waals surface area (Å²) in [6.45, 7) is -2.01. The number of fused-ring (bicyclic) bond motifs is 1. The third kappa shape index (κ3) is 4.63. The van der Waals surface area contributed by atoms with Crippen LogP contribution in [-0.4, -0.2) is 29.4 Å². The molecule has 0 saturated heterocycles. The largest absolute Gasteiger partial charge is 0.507 e. The van der Waals surface area contributed by atoms with Gasteiger partial charge >= 0.3 is 6.61 Å². The minimum atomic E-state index is -2.99. The van der Waals surface area contributed by atoms with Crippen LogP contribution >= 0.6 is 0 Å². The summed E-state index contributed by atoms with van der Waals surface area (Å²) < 4.78 is 35.8. The van der Waals surface area contributed by atoms with E-state index in [0.717, 1.165) is 5.56 Å². The first-order valence-corrected chi connectivity index (χ1v) is 9.98. The topological polar surface area (TPSA) is 59.0 Å². The van der Waals surface area contributed by atoms with Gasteiger partial charge in [-0.1, -0.05) is 48.5 Å². The number of rotatable bonds is 7. The number of aromatic hydroxyl groups is 1. The number of hydrogen-bond donors (Lipinski definition) is 1. The van der Waals surface area contributed by atoms with Crippen molar-refractivity contribution < 1.29 is 28.2 Å². The number of carbonyl (C=O) groups excluding carboxylic acids is 1. The molecule has 164 valence electrons. The van der Waals surface area contributed by atoms with E-state index in [4.69, 9.17) is 4.74 Å². The summed E-state index contributed by atoms with van der Waals surface area (Å²) in [4.78, 5) is 14.9. The van der Waals surface area contributed by atoms with E-state index in [-0.39, 0.29) is 34.4 Å². The normalized spacial score (nSPS) is 14.2. The monoisotopic (exact) mass is 437 g/mol. The number of carbonyl (C=O) groups is 1. The minimum absolute atomic E-state index is 0.0131. The van der Waals surface area contributed by atoms with E-state index in [1.165, 1.54) is 24.3 Å². The van der Waals surface area contributed by atoms with Gasteiger partial charge in [0.2, 0.25) is 5.78 Å². The Bertz CT molecular complexity index is 1160. The van der Waals surface area contributed by atoms with Crippen LogP contribution in [0.3, 0.4) is 0 Å². The molecule has 3 aromatic rings. The van der Waals surface area contributed by atoms with E-state index in [1.807, 2.05) is 42.3 Å². The fourth-order valence-corrected chi connectivity index (χ4v) is 3.61. The fraction of sp³-hybridized carbons (Fsp3) is 0.160. The van der Waals surface area contributed by atoms with Crippen molar-refractivity contribution in [2.75, 3.05) is 7.05 Å². The van der Waals surface area contributed by atoms with E-state index in [1.54, 1.807) is 18.2 Å². The number of hydrogen-bond acceptors (Lipinski definition) is 5. The van der Waals surface area contributed by atoms with Crippen LogP contribution in [0.4, 0.5) is 8.78 Å². The number of allylic oxidation sites excluding steroid dienone is 1. The van der Waals surface area contributed by atoms with Crippen LogP contribution in [0.1, 0.15) is 27.0 Å². The molecular weight excluding hydrogens is 416 g/mol. The van der Waals surface area contributed by atoms with Gasteiger partial charge in [0.05, 0.1) is 11.1 Å². The van der Waals surface area contributed by atoms with Crippen LogP contribution < -0.4 is 9.47 Å². The minimum Gasteiger partial charge on any atom is -0.507 e. The van der Waals surface area contributed by atoms with Crippen molar-refractivity contribution in [2.45, 2.75) is 19.7 Å². The maximum absolute atomic E-state index is 12.9. The second-order valence-electron chi connectivity index (χ2n) is 7.45. The molecule has 0 amide bonds. The van der Waals surface area contributed by atoms with Crippen LogP contribution in [0.5, 0.6) is 17.2 Å². The first kappa shape index (κ1) is 21.5. The molecule has 7 heteroatoms. The van der Waals surface area contributed by atoms with Gasteiger partial charge in [0, 0.05) is 18.7 Å². The average molecular weight is 437 g/mol. The van der Waals surface area contributed by atoms with Gasteiger partial charge in [-0.05, 0) is 36.9 Å². The van der Waals surface area contributed by atoms with Crippen LogP contribution in [0.2, 0.25) is 0 Å². The Balaban J connectivity index is 1.61. The molecule has 1 aliphatic rings. The summed E-state index contributed by atoms with van der Waals surface area (Å²) in [5.74, 6) is -0.192. The Morgan fingerprint density at radius 1 is 1.03 bits per heavy atom. The molecular formula is C25H21F2NO4. The number of ether oxygens (including phenoxy) is 2. The second-order valence-corrected chi connectivity index (χ2v) is 7.45. The molecule has 32 heavy (non-hydrogen) atoms. The number of phenols is 1. The van der Waals surface area contributed by atoms with Gasteiger partial charge in [-0.25, -0.2) is 0 Å². The van der Waals surface area contributed by atoms with E-state index in [0.29, 0.717) is 24.2 Å². The zero-order valence-electron chi connectivity index (χ0n) is 17.3. The lowest BCUT2D eigenvalue weighted by molar-refractivity contribution is -0.0499. The molecule has 0 fully saturated rings. The van der Waals surface area contributed by atoms with E-state index in [9.17, 15) is 18.7 Å². The molecule has 5 nitrogen and oxygen atoms in total. The van der Waals surface area contributed by atoms with Crippen LogP contribution in [0.15, 0.2) is 72.5 Å². The lowest BCUT2D eigenvalue weighted by atomic mass is 10.0. The van der Waals surface area contributed by atoms with E-state index < -0.39 is 6.61 Å². The highest BCUT2D eigenvalue weighted by Gasteiger charge is 2.31. The van der Waals surface area contributed by atoms with Crippen molar-refractivity contribution in [1.82, 2.24) is 4.90 Å². The van der Waals surface area contributed by atoms with E-state index >= 15 is 0 Å². The number of Topliss-reactive ketones (excluding diaryl/α,β-unsaturated/α-hetero) is 1. The summed E-state index contributed by atoms with van der Waals surface area (Å²) in [6, 6.07) is 19.0. The Labute approximate surface area is 184 Å². The summed E-state index contributed by atoms with van der Waals surface area (Å²) in [5, 5.41) is 10.5. The highest BCUT2D eigenvalue weighted by Crippen LogP contribution is 2.40. The average Bonchev–Trinajstić information content (AvgIpc) is 3.07. The maximum Gasteiger partial charge on any atom is 0.387 e. The molecule has 0 saturated carbocycles. The summed E-state index contributed by atoms with van der Waals surface area (Å²) in [7, 11) is 1.90. The van der Waals surface area contributed by atoms with Crippen molar-refractivity contribution >= 4 is 11.9 Å². The summed E-state index contributed by atoms with van der Waals surface area (Å²) in [6.07, 6.45) is 1.37. The molecule has 1 aliphatic heterocycles. The first-order valence-electron chi connectivity index (χ1n) is 9.98. The zero-order valence-corrected chi connectivity index (χ0v) is 17.3. The standard InChI is InChI=1S/C25H21F2NO4/c1-28(14-16-7-3-2-4-8-16)15-19-20(29)12-11-18-23(30)22(31-24(18)19)13-17-9-5-6-10-21(17)32-25(26)27/h2-13,25,29H,14-15H2,1H3/b22-13-. The van der Waals surface area contributed by atoms with Gasteiger partial charge in [-0.3, -0.25) is 9.69 Å². The lowest BCUT2D eigenvalue weighted by Crippen LogP contribution is -2.17. The Kier molecular flexibility index (Phi) is 6.18. The Hall–Kier alpha value is -3.71. The predicted molar refractivity (Wildman–Crippen MR) is 116 cm³/mol. The predicted octanol–water partition coefficient (Wildman–Crippen LogP) is 5.24. The Morgan fingerprint density at radius 2 is 1.75 bits per heavy atom. The highest BCUT2D eigenvalue weighted by atomic mass is 19.3. The molecule has 1 N–H and O–H groups in total. The van der Waals surface area contributed by atoms with Crippen molar-refractivity contribution in [3.05, 3.63) is 94.7 Å². The molecule has 0 aliphatic carbocycles. The fourth-order valence-electron chi connectivity index (χ4n) is 3.61. The number of alkyl halides is 2. The van der Waals surface area contributed by atoms with Gasteiger partial charge in [0.15, 0.2) is 5.76 Å². The van der Waals surface area contributed by atoms with Crippen molar-refractivity contribution in [1.29, 1.82) is 0 Å². The molecule has 0 spiro atoms. The molecule has 0 aromatic heterocycles. The molecule has 1 heterocycles. The number of benzene rings is 3. The van der Waals surface area contributed by atoms with Crippen LogP contribution in [0, 0.1) is 0 Å².